The summed E-state index contributed by atoms with van der Waals surface area (Å²) in [4.78, 5) is 13.3. The van der Waals surface area contributed by atoms with Gasteiger partial charge >= 0.3 is 6.18 Å². The molecule has 0 aromatic heterocycles. The van der Waals surface area contributed by atoms with Gasteiger partial charge in [-0.25, -0.2) is 13.1 Å². The topological polar surface area (TPSA) is 66.5 Å². The highest BCUT2D eigenvalue weighted by Gasteiger charge is 2.32. The summed E-state index contributed by atoms with van der Waals surface area (Å²) >= 11 is 0. The standard InChI is InChI=1S/C17H23F3N2O3S/c1-22(14-8-4-2-3-5-9-14)16(23)12-21-26(24,25)15-10-6-7-13(11-15)17(18,19)20/h6-7,10-11,14,21H,2-5,8-9,12H2,1H3. The van der Waals surface area contributed by atoms with Crippen molar-refractivity contribution >= 4 is 15.9 Å². The molecule has 2 rings (SSSR count). The van der Waals surface area contributed by atoms with Gasteiger partial charge in [-0.1, -0.05) is 31.7 Å². The first-order chi connectivity index (χ1) is 12.1. The van der Waals surface area contributed by atoms with E-state index in [1.807, 2.05) is 0 Å². The van der Waals surface area contributed by atoms with Crippen LogP contribution in [0.25, 0.3) is 0 Å². The molecular weight excluding hydrogens is 369 g/mol. The summed E-state index contributed by atoms with van der Waals surface area (Å²) in [5, 5.41) is 0. The molecule has 0 saturated heterocycles. The fourth-order valence-electron chi connectivity index (χ4n) is 3.05. The van der Waals surface area contributed by atoms with Crippen LogP contribution in [0.4, 0.5) is 13.2 Å². The quantitative estimate of drug-likeness (QED) is 0.783. The molecule has 0 aliphatic heterocycles. The molecule has 0 bridgehead atoms. The van der Waals surface area contributed by atoms with Crippen LogP contribution in [0.2, 0.25) is 0 Å². The number of nitrogens with zero attached hydrogens (tertiary/aromatic N) is 1. The summed E-state index contributed by atoms with van der Waals surface area (Å²) < 4.78 is 64.8. The van der Waals surface area contributed by atoms with Gasteiger partial charge in [0, 0.05) is 13.1 Å². The van der Waals surface area contributed by atoms with Crippen molar-refractivity contribution in [2.45, 2.75) is 55.6 Å². The number of nitrogens with one attached hydrogen (secondary N) is 1. The number of likely N-dealkylation sites (N-methyl/N-ethyl adjacent to an activating group) is 1. The molecule has 0 atom stereocenters. The van der Waals surface area contributed by atoms with Crippen molar-refractivity contribution in [1.82, 2.24) is 9.62 Å². The fourth-order valence-corrected chi connectivity index (χ4v) is 4.07. The maximum atomic E-state index is 12.7. The highest BCUT2D eigenvalue weighted by molar-refractivity contribution is 7.89. The van der Waals surface area contributed by atoms with Gasteiger partial charge in [0.25, 0.3) is 0 Å². The Kier molecular flexibility index (Phi) is 6.68. The minimum absolute atomic E-state index is 0.0723. The van der Waals surface area contributed by atoms with E-state index in [-0.39, 0.29) is 6.04 Å². The average molecular weight is 392 g/mol. The molecule has 26 heavy (non-hydrogen) atoms. The number of hydrogen-bond acceptors (Lipinski definition) is 3. The van der Waals surface area contributed by atoms with Crippen LogP contribution in [0.1, 0.15) is 44.1 Å². The normalized spacial score (nSPS) is 16.9. The second kappa shape index (κ2) is 8.39. The molecule has 1 N–H and O–H groups in total. The molecule has 5 nitrogen and oxygen atoms in total. The summed E-state index contributed by atoms with van der Waals surface area (Å²) in [6, 6.07) is 3.52. The number of halogens is 3. The van der Waals surface area contributed by atoms with Gasteiger partial charge in [-0.15, -0.1) is 0 Å². The van der Waals surface area contributed by atoms with E-state index in [9.17, 15) is 26.4 Å². The van der Waals surface area contributed by atoms with Gasteiger partial charge in [0.15, 0.2) is 0 Å². The zero-order valence-electron chi connectivity index (χ0n) is 14.6. The SMILES string of the molecule is CN(C(=O)CNS(=O)(=O)c1cccc(C(F)(F)F)c1)C1CCCCCC1. The fraction of sp³-hybridized carbons (Fsp3) is 0.588. The number of rotatable bonds is 5. The van der Waals surface area contributed by atoms with E-state index in [2.05, 4.69) is 4.72 Å². The van der Waals surface area contributed by atoms with E-state index >= 15 is 0 Å². The predicted octanol–water partition coefficient (Wildman–Crippen LogP) is 3.16. The molecule has 146 valence electrons. The maximum absolute atomic E-state index is 12.7. The molecule has 1 saturated carbocycles. The van der Waals surface area contributed by atoms with E-state index in [4.69, 9.17) is 0 Å². The Morgan fingerprint density at radius 1 is 1.19 bits per heavy atom. The molecule has 1 aliphatic rings. The highest BCUT2D eigenvalue weighted by Crippen LogP contribution is 2.30. The molecule has 0 spiro atoms. The largest absolute Gasteiger partial charge is 0.416 e. The van der Waals surface area contributed by atoms with Gasteiger partial charge in [-0.3, -0.25) is 4.79 Å². The lowest BCUT2D eigenvalue weighted by Crippen LogP contribution is -2.43. The highest BCUT2D eigenvalue weighted by atomic mass is 32.2. The maximum Gasteiger partial charge on any atom is 0.416 e. The van der Waals surface area contributed by atoms with Crippen molar-refractivity contribution in [3.8, 4) is 0 Å². The lowest BCUT2D eigenvalue weighted by atomic mass is 10.1. The Morgan fingerprint density at radius 2 is 1.81 bits per heavy atom. The third kappa shape index (κ3) is 5.44. The van der Waals surface area contributed by atoms with Crippen molar-refractivity contribution in [1.29, 1.82) is 0 Å². The zero-order valence-corrected chi connectivity index (χ0v) is 15.4. The molecule has 0 unspecified atom stereocenters. The van der Waals surface area contributed by atoms with E-state index in [0.717, 1.165) is 56.7 Å². The summed E-state index contributed by atoms with van der Waals surface area (Å²) in [5.41, 5.74) is -1.05. The zero-order chi connectivity index (χ0) is 19.4. The van der Waals surface area contributed by atoms with Crippen LogP contribution in [0.5, 0.6) is 0 Å². The third-order valence-corrected chi connectivity index (χ3v) is 6.05. The number of amides is 1. The first-order valence-electron chi connectivity index (χ1n) is 8.54. The summed E-state index contributed by atoms with van der Waals surface area (Å²) in [7, 11) is -2.57. The molecule has 0 radical (unpaired) electrons. The first-order valence-corrected chi connectivity index (χ1v) is 10.0. The number of alkyl halides is 3. The number of carbonyl (C=O) groups excluding carboxylic acids is 1. The Morgan fingerprint density at radius 3 is 2.38 bits per heavy atom. The van der Waals surface area contributed by atoms with Gasteiger partial charge in [0.05, 0.1) is 17.0 Å². The molecule has 0 heterocycles. The molecule has 1 aromatic carbocycles. The van der Waals surface area contributed by atoms with Gasteiger partial charge in [-0.2, -0.15) is 13.2 Å². The van der Waals surface area contributed by atoms with Crippen LogP contribution < -0.4 is 4.72 Å². The van der Waals surface area contributed by atoms with Gasteiger partial charge < -0.3 is 4.90 Å². The Bertz CT molecular complexity index is 727. The predicted molar refractivity (Wildman–Crippen MR) is 90.9 cm³/mol. The van der Waals surface area contributed by atoms with Crippen molar-refractivity contribution in [2.75, 3.05) is 13.6 Å². The Hall–Kier alpha value is -1.61. The number of benzene rings is 1. The van der Waals surface area contributed by atoms with Gasteiger partial charge in [0.1, 0.15) is 0 Å². The van der Waals surface area contributed by atoms with Crippen LogP contribution >= 0.6 is 0 Å². The molecule has 9 heteroatoms. The average Bonchev–Trinajstić information content (AvgIpc) is 2.88. The first kappa shape index (κ1) is 20.7. The lowest BCUT2D eigenvalue weighted by Gasteiger charge is -2.27. The smallest absolute Gasteiger partial charge is 0.342 e. The molecular formula is C17H23F3N2O3S. The second-order valence-corrected chi connectivity index (χ2v) is 8.27. The monoisotopic (exact) mass is 392 g/mol. The van der Waals surface area contributed by atoms with E-state index in [0.29, 0.717) is 6.07 Å². The van der Waals surface area contributed by atoms with Gasteiger partial charge in [-0.05, 0) is 31.0 Å². The van der Waals surface area contributed by atoms with Crippen molar-refractivity contribution in [3.63, 3.8) is 0 Å². The van der Waals surface area contributed by atoms with Crippen LogP contribution in [0.15, 0.2) is 29.2 Å². The van der Waals surface area contributed by atoms with Crippen LogP contribution in [0.3, 0.4) is 0 Å². The number of hydrogen-bond donors (Lipinski definition) is 1. The summed E-state index contributed by atoms with van der Waals surface area (Å²) in [5.74, 6) is -0.396. The minimum atomic E-state index is -4.64. The molecule has 1 aromatic rings. The minimum Gasteiger partial charge on any atom is -0.342 e. The molecule has 1 aliphatic carbocycles. The van der Waals surface area contributed by atoms with Gasteiger partial charge in [0.2, 0.25) is 15.9 Å². The van der Waals surface area contributed by atoms with Crippen LogP contribution in [0, 0.1) is 0 Å². The van der Waals surface area contributed by atoms with Crippen LogP contribution in [-0.4, -0.2) is 38.9 Å². The van der Waals surface area contributed by atoms with Crippen molar-refractivity contribution < 1.29 is 26.4 Å². The van der Waals surface area contributed by atoms with Crippen molar-refractivity contribution in [3.05, 3.63) is 29.8 Å². The Balaban J connectivity index is 2.02. The summed E-state index contributed by atoms with van der Waals surface area (Å²) in [6.07, 6.45) is 1.42. The van der Waals surface area contributed by atoms with Crippen molar-refractivity contribution in [2.24, 2.45) is 0 Å². The van der Waals surface area contributed by atoms with E-state index < -0.39 is 39.1 Å². The van der Waals surface area contributed by atoms with Crippen LogP contribution in [-0.2, 0) is 21.0 Å². The molecule has 1 fully saturated rings. The number of sulfonamides is 1. The third-order valence-electron chi connectivity index (χ3n) is 4.65. The Labute approximate surface area is 151 Å². The molecule has 1 amide bonds. The summed E-state index contributed by atoms with van der Waals surface area (Å²) in [6.45, 7) is -0.481. The van der Waals surface area contributed by atoms with E-state index in [1.54, 1.807) is 11.9 Å². The van der Waals surface area contributed by atoms with E-state index in [1.165, 1.54) is 0 Å². The second-order valence-electron chi connectivity index (χ2n) is 6.50. The lowest BCUT2D eigenvalue weighted by molar-refractivity contribution is -0.137. The number of carbonyl (C=O) groups is 1.